The van der Waals surface area contributed by atoms with E-state index in [0.29, 0.717) is 5.33 Å². The van der Waals surface area contributed by atoms with Crippen LogP contribution in [0, 0.1) is 5.92 Å². The number of alkyl halides is 1. The maximum atomic E-state index is 11.8. The highest BCUT2D eigenvalue weighted by atomic mass is 79.9. The molecule has 1 aliphatic rings. The van der Waals surface area contributed by atoms with Gasteiger partial charge in [0.25, 0.3) is 0 Å². The van der Waals surface area contributed by atoms with Crippen molar-refractivity contribution in [3.05, 3.63) is 34.5 Å². The summed E-state index contributed by atoms with van der Waals surface area (Å²) in [6.45, 7) is 0. The maximum absolute atomic E-state index is 11.8. The van der Waals surface area contributed by atoms with Gasteiger partial charge in [-0.25, -0.2) is 4.79 Å². The fourth-order valence-corrected chi connectivity index (χ4v) is 2.55. The van der Waals surface area contributed by atoms with E-state index in [1.54, 1.807) is 14.2 Å². The molecule has 0 radical (unpaired) electrons. The first kappa shape index (κ1) is 12.1. The van der Waals surface area contributed by atoms with Crippen molar-refractivity contribution in [2.24, 2.45) is 13.0 Å². The third kappa shape index (κ3) is 2.06. The van der Waals surface area contributed by atoms with E-state index < -0.39 is 0 Å². The van der Waals surface area contributed by atoms with E-state index >= 15 is 0 Å². The molecule has 2 rings (SSSR count). The third-order valence-electron chi connectivity index (χ3n) is 2.77. The van der Waals surface area contributed by atoms with Crippen molar-refractivity contribution >= 4 is 15.9 Å². The van der Waals surface area contributed by atoms with E-state index in [9.17, 15) is 4.79 Å². The van der Waals surface area contributed by atoms with Gasteiger partial charge in [0.1, 0.15) is 5.76 Å². The minimum Gasteiger partial charge on any atom is -0.501 e. The molecule has 6 nitrogen and oxygen atoms in total. The zero-order valence-corrected chi connectivity index (χ0v) is 11.2. The summed E-state index contributed by atoms with van der Waals surface area (Å²) < 4.78 is 7.88. The van der Waals surface area contributed by atoms with Gasteiger partial charge in [0.15, 0.2) is 0 Å². The second kappa shape index (κ2) is 4.87. The highest BCUT2D eigenvalue weighted by molar-refractivity contribution is 9.09. The molecule has 0 aromatic carbocycles. The number of hydrogen-bond acceptors (Lipinski definition) is 4. The average molecular weight is 301 g/mol. The zero-order chi connectivity index (χ0) is 12.4. The number of aryl methyl sites for hydroxylation is 1. The van der Waals surface area contributed by atoms with Crippen LogP contribution in [0.25, 0.3) is 0 Å². The van der Waals surface area contributed by atoms with E-state index in [4.69, 9.17) is 4.74 Å². The Kier molecular flexibility index (Phi) is 3.46. The molecule has 0 amide bonds. The molecule has 2 atom stereocenters. The molecule has 1 heterocycles. The van der Waals surface area contributed by atoms with E-state index in [-0.39, 0.29) is 17.6 Å². The standard InChI is InChI=1S/C10H13BrN4O2/c1-14-10(16)15(13-12-14)8-4-3-5-9(17-2)7(8)6-11/h3-5,7-8H,6H2,1-2H3. The molecule has 0 fully saturated rings. The van der Waals surface area contributed by atoms with Gasteiger partial charge in [-0.3, -0.25) is 0 Å². The molecule has 1 aromatic rings. The van der Waals surface area contributed by atoms with Crippen molar-refractivity contribution in [3.63, 3.8) is 0 Å². The van der Waals surface area contributed by atoms with Crippen LogP contribution in [0.5, 0.6) is 0 Å². The molecule has 0 spiro atoms. The fraction of sp³-hybridized carbons (Fsp3) is 0.500. The Morgan fingerprint density at radius 1 is 1.53 bits per heavy atom. The number of halogens is 1. The number of tetrazole rings is 1. The van der Waals surface area contributed by atoms with Crippen molar-refractivity contribution in [2.75, 3.05) is 12.4 Å². The highest BCUT2D eigenvalue weighted by Crippen LogP contribution is 2.30. The number of allylic oxidation sites excluding steroid dienone is 4. The Hall–Kier alpha value is -1.37. The summed E-state index contributed by atoms with van der Waals surface area (Å²) in [4.78, 5) is 11.8. The van der Waals surface area contributed by atoms with Gasteiger partial charge in [-0.1, -0.05) is 28.1 Å². The van der Waals surface area contributed by atoms with Crippen LogP contribution < -0.4 is 5.69 Å². The second-order valence-electron chi connectivity index (χ2n) is 3.74. The van der Waals surface area contributed by atoms with Gasteiger partial charge in [0, 0.05) is 12.4 Å². The lowest BCUT2D eigenvalue weighted by molar-refractivity contribution is 0.220. The van der Waals surface area contributed by atoms with Gasteiger partial charge in [0.2, 0.25) is 0 Å². The lowest BCUT2D eigenvalue weighted by atomic mass is 9.95. The minimum absolute atomic E-state index is 0.0411. The number of rotatable bonds is 3. The van der Waals surface area contributed by atoms with Crippen LogP contribution >= 0.6 is 15.9 Å². The van der Waals surface area contributed by atoms with Crippen LogP contribution in [0.15, 0.2) is 28.8 Å². The number of ether oxygens (including phenoxy) is 1. The van der Waals surface area contributed by atoms with Crippen molar-refractivity contribution in [2.45, 2.75) is 6.04 Å². The quantitative estimate of drug-likeness (QED) is 0.768. The van der Waals surface area contributed by atoms with E-state index in [0.717, 1.165) is 5.76 Å². The summed E-state index contributed by atoms with van der Waals surface area (Å²) in [5.41, 5.74) is -0.233. The summed E-state index contributed by atoms with van der Waals surface area (Å²) in [6, 6.07) is -0.171. The minimum atomic E-state index is -0.233. The SMILES string of the molecule is COC1=CC=CC(n2nnn(C)c2=O)C1CBr. The molecule has 0 saturated heterocycles. The normalized spacial score (nSPS) is 23.6. The van der Waals surface area contributed by atoms with Crippen LogP contribution in [0.4, 0.5) is 0 Å². The first-order chi connectivity index (χ1) is 8.19. The van der Waals surface area contributed by atoms with Crippen LogP contribution in [-0.4, -0.2) is 32.2 Å². The van der Waals surface area contributed by atoms with Crippen LogP contribution in [0.3, 0.4) is 0 Å². The van der Waals surface area contributed by atoms with Gasteiger partial charge >= 0.3 is 5.69 Å². The molecule has 7 heteroatoms. The van der Waals surface area contributed by atoms with Gasteiger partial charge < -0.3 is 4.74 Å². The van der Waals surface area contributed by atoms with E-state index in [1.807, 2.05) is 18.2 Å². The molecule has 17 heavy (non-hydrogen) atoms. The van der Waals surface area contributed by atoms with Gasteiger partial charge in [-0.05, 0) is 16.5 Å². The summed E-state index contributed by atoms with van der Waals surface area (Å²) in [7, 11) is 3.20. The number of methoxy groups -OCH3 is 1. The van der Waals surface area contributed by atoms with Crippen LogP contribution in [0.1, 0.15) is 6.04 Å². The lowest BCUT2D eigenvalue weighted by Gasteiger charge is -2.25. The maximum Gasteiger partial charge on any atom is 0.363 e. The number of hydrogen-bond donors (Lipinski definition) is 0. The molecule has 92 valence electrons. The van der Waals surface area contributed by atoms with Gasteiger partial charge in [-0.2, -0.15) is 9.36 Å². The van der Waals surface area contributed by atoms with Crippen molar-refractivity contribution in [3.8, 4) is 0 Å². The molecular weight excluding hydrogens is 288 g/mol. The summed E-state index contributed by atoms with van der Waals surface area (Å²) in [5.74, 6) is 0.867. The Morgan fingerprint density at radius 2 is 2.29 bits per heavy atom. The average Bonchev–Trinajstić information content (AvgIpc) is 2.69. The number of nitrogens with zero attached hydrogens (tertiary/aromatic N) is 4. The Balaban J connectivity index is 2.40. The fourth-order valence-electron chi connectivity index (χ4n) is 1.84. The zero-order valence-electron chi connectivity index (χ0n) is 9.58. The number of aromatic nitrogens is 4. The molecule has 0 saturated carbocycles. The predicted molar refractivity (Wildman–Crippen MR) is 65.8 cm³/mol. The molecule has 1 aromatic heterocycles. The predicted octanol–water partition coefficient (Wildman–Crippen LogP) is 0.629. The molecule has 0 N–H and O–H groups in total. The van der Waals surface area contributed by atoms with Crippen molar-refractivity contribution < 1.29 is 4.74 Å². The highest BCUT2D eigenvalue weighted by Gasteiger charge is 2.29. The molecule has 0 bridgehead atoms. The molecule has 2 unspecified atom stereocenters. The topological polar surface area (TPSA) is 61.9 Å². The van der Waals surface area contributed by atoms with Crippen molar-refractivity contribution in [1.82, 2.24) is 19.8 Å². The Labute approximate surface area is 107 Å². The summed E-state index contributed by atoms with van der Waals surface area (Å²) in [5, 5.41) is 8.27. The third-order valence-corrected chi connectivity index (χ3v) is 3.47. The molecule has 1 aliphatic carbocycles. The smallest absolute Gasteiger partial charge is 0.363 e. The molecular formula is C10H13BrN4O2. The summed E-state index contributed by atoms with van der Waals surface area (Å²) in [6.07, 6.45) is 5.68. The van der Waals surface area contributed by atoms with Crippen LogP contribution in [0.2, 0.25) is 0 Å². The second-order valence-corrected chi connectivity index (χ2v) is 4.39. The lowest BCUT2D eigenvalue weighted by Crippen LogP contribution is -2.33. The van der Waals surface area contributed by atoms with Gasteiger partial charge in [0.05, 0.1) is 19.1 Å². The Bertz CT molecular complexity index is 517. The first-order valence-corrected chi connectivity index (χ1v) is 6.28. The van der Waals surface area contributed by atoms with Crippen molar-refractivity contribution in [1.29, 1.82) is 0 Å². The summed E-state index contributed by atoms with van der Waals surface area (Å²) >= 11 is 3.44. The molecule has 0 aliphatic heterocycles. The van der Waals surface area contributed by atoms with Gasteiger partial charge in [-0.15, -0.1) is 0 Å². The first-order valence-electron chi connectivity index (χ1n) is 5.16. The van der Waals surface area contributed by atoms with E-state index in [1.165, 1.54) is 9.36 Å². The Morgan fingerprint density at radius 3 is 2.82 bits per heavy atom. The van der Waals surface area contributed by atoms with E-state index in [2.05, 4.69) is 26.4 Å². The van der Waals surface area contributed by atoms with Crippen LogP contribution in [-0.2, 0) is 11.8 Å². The largest absolute Gasteiger partial charge is 0.501 e. The monoisotopic (exact) mass is 300 g/mol.